The summed E-state index contributed by atoms with van der Waals surface area (Å²) in [4.78, 5) is 0. The lowest BCUT2D eigenvalue weighted by atomic mass is 9.76. The minimum absolute atomic E-state index is 0.321. The van der Waals surface area contributed by atoms with Gasteiger partial charge in [-0.2, -0.15) is 0 Å². The molecule has 1 spiro atoms. The Hall–Kier alpha value is -0.640. The standard InChI is InChI=1S/C15H22O3/c1-9(2)14(16)8-13-11(4)5-6-12(13)10(3)7-15(14,17)18-13/h7,11-12,16-17H,1,5-6,8H2,2-4H3/t11-,12-,13-,14+,15+/m0/s1. The predicted molar refractivity (Wildman–Crippen MR) is 68.8 cm³/mol. The molecule has 0 aromatic carbocycles. The number of hydrogen-bond acceptors (Lipinski definition) is 3. The number of hydrogen-bond donors (Lipinski definition) is 2. The summed E-state index contributed by atoms with van der Waals surface area (Å²) in [5.41, 5.74) is -0.0564. The van der Waals surface area contributed by atoms with E-state index in [0.717, 1.165) is 18.4 Å². The Labute approximate surface area is 108 Å². The van der Waals surface area contributed by atoms with E-state index in [1.807, 2.05) is 6.92 Å². The quantitative estimate of drug-likeness (QED) is 0.701. The SMILES string of the molecule is C=C(C)[C@]1(O)C[C@@]23O[C@]1(O)C=C(C)[C@@H]2CC[C@@H]3C. The van der Waals surface area contributed by atoms with Gasteiger partial charge in [-0.25, -0.2) is 0 Å². The van der Waals surface area contributed by atoms with Crippen LogP contribution < -0.4 is 0 Å². The molecule has 5 atom stereocenters. The van der Waals surface area contributed by atoms with Gasteiger partial charge in [-0.3, -0.25) is 0 Å². The number of fused-ring (bicyclic) bond motifs is 1. The molecular weight excluding hydrogens is 228 g/mol. The molecule has 3 aliphatic rings. The molecule has 2 N–H and O–H groups in total. The second-order valence-electron chi connectivity index (χ2n) is 6.49. The monoisotopic (exact) mass is 250 g/mol. The van der Waals surface area contributed by atoms with E-state index in [0.29, 0.717) is 23.8 Å². The number of rotatable bonds is 1. The Kier molecular flexibility index (Phi) is 2.25. The molecule has 2 fully saturated rings. The van der Waals surface area contributed by atoms with Crippen molar-refractivity contribution in [2.75, 3.05) is 0 Å². The third kappa shape index (κ3) is 1.16. The van der Waals surface area contributed by atoms with Crippen molar-refractivity contribution in [2.45, 2.75) is 57.0 Å². The Morgan fingerprint density at radius 1 is 1.44 bits per heavy atom. The average molecular weight is 250 g/mol. The predicted octanol–water partition coefficient (Wildman–Crippen LogP) is 2.15. The normalized spacial score (nSPS) is 54.2. The first-order valence-corrected chi connectivity index (χ1v) is 6.75. The molecular formula is C15H22O3. The summed E-state index contributed by atoms with van der Waals surface area (Å²) in [7, 11) is 0. The van der Waals surface area contributed by atoms with Gasteiger partial charge in [0.05, 0.1) is 5.60 Å². The van der Waals surface area contributed by atoms with Gasteiger partial charge in [0.15, 0.2) is 0 Å². The summed E-state index contributed by atoms with van der Waals surface area (Å²) in [5.74, 6) is -0.926. The van der Waals surface area contributed by atoms with Gasteiger partial charge in [0.2, 0.25) is 5.79 Å². The van der Waals surface area contributed by atoms with Gasteiger partial charge in [0.1, 0.15) is 5.60 Å². The van der Waals surface area contributed by atoms with E-state index >= 15 is 0 Å². The molecule has 2 heterocycles. The first kappa shape index (κ1) is 12.4. The van der Waals surface area contributed by atoms with Crippen LogP contribution in [0.15, 0.2) is 23.8 Å². The lowest BCUT2D eigenvalue weighted by molar-refractivity contribution is -0.254. The minimum atomic E-state index is -1.60. The van der Waals surface area contributed by atoms with Crippen LogP contribution in [0.1, 0.15) is 40.0 Å². The summed E-state index contributed by atoms with van der Waals surface area (Å²) in [6.07, 6.45) is 4.31. The van der Waals surface area contributed by atoms with E-state index in [1.165, 1.54) is 0 Å². The van der Waals surface area contributed by atoms with Crippen LogP contribution >= 0.6 is 0 Å². The topological polar surface area (TPSA) is 49.7 Å². The molecule has 1 saturated heterocycles. The van der Waals surface area contributed by atoms with Crippen LogP contribution in [0.3, 0.4) is 0 Å². The number of aliphatic hydroxyl groups is 2. The molecule has 100 valence electrons. The van der Waals surface area contributed by atoms with Crippen molar-refractivity contribution in [3.8, 4) is 0 Å². The van der Waals surface area contributed by atoms with Crippen molar-refractivity contribution < 1.29 is 14.9 Å². The highest BCUT2D eigenvalue weighted by atomic mass is 16.7. The maximum atomic E-state index is 10.9. The van der Waals surface area contributed by atoms with Crippen LogP contribution in [0.5, 0.6) is 0 Å². The second kappa shape index (κ2) is 3.27. The summed E-state index contributed by atoms with van der Waals surface area (Å²) in [6, 6.07) is 0. The largest absolute Gasteiger partial charge is 0.379 e. The highest BCUT2D eigenvalue weighted by Crippen LogP contribution is 2.63. The van der Waals surface area contributed by atoms with Crippen LogP contribution in [0.25, 0.3) is 0 Å². The summed E-state index contributed by atoms with van der Waals surface area (Å²) >= 11 is 0. The van der Waals surface area contributed by atoms with Crippen molar-refractivity contribution in [3.05, 3.63) is 23.8 Å². The average Bonchev–Trinajstić information content (AvgIpc) is 2.65. The molecule has 3 nitrogen and oxygen atoms in total. The zero-order valence-electron chi connectivity index (χ0n) is 11.4. The van der Waals surface area contributed by atoms with E-state index in [4.69, 9.17) is 4.74 Å². The third-order valence-corrected chi connectivity index (χ3v) is 5.46. The van der Waals surface area contributed by atoms with E-state index in [9.17, 15) is 10.2 Å². The number of ether oxygens (including phenoxy) is 1. The van der Waals surface area contributed by atoms with Crippen molar-refractivity contribution in [2.24, 2.45) is 11.8 Å². The molecule has 0 radical (unpaired) electrons. The first-order valence-electron chi connectivity index (χ1n) is 6.75. The molecule has 2 aliphatic heterocycles. The maximum Gasteiger partial charge on any atom is 0.220 e. The van der Waals surface area contributed by atoms with Crippen LogP contribution in [0.2, 0.25) is 0 Å². The van der Waals surface area contributed by atoms with Crippen LogP contribution in [-0.4, -0.2) is 27.2 Å². The molecule has 3 rings (SSSR count). The minimum Gasteiger partial charge on any atom is -0.379 e. The highest BCUT2D eigenvalue weighted by molar-refractivity contribution is 5.37. The molecule has 1 saturated carbocycles. The molecule has 3 heteroatoms. The van der Waals surface area contributed by atoms with E-state index < -0.39 is 17.0 Å². The molecule has 0 unspecified atom stereocenters. The fraction of sp³-hybridized carbons (Fsp3) is 0.733. The molecule has 1 aliphatic carbocycles. The van der Waals surface area contributed by atoms with Crippen molar-refractivity contribution in [1.29, 1.82) is 0 Å². The summed E-state index contributed by atoms with van der Waals surface area (Å²) in [6.45, 7) is 9.81. The Morgan fingerprint density at radius 2 is 2.11 bits per heavy atom. The van der Waals surface area contributed by atoms with Crippen LogP contribution in [0, 0.1) is 11.8 Å². The lowest BCUT2D eigenvalue weighted by Gasteiger charge is -2.41. The Balaban J connectivity index is 2.18. The zero-order valence-corrected chi connectivity index (χ0v) is 11.4. The fourth-order valence-electron chi connectivity index (χ4n) is 4.28. The smallest absolute Gasteiger partial charge is 0.220 e. The lowest BCUT2D eigenvalue weighted by Crippen LogP contribution is -2.51. The molecule has 2 bridgehead atoms. The first-order chi connectivity index (χ1) is 8.25. The fourth-order valence-corrected chi connectivity index (χ4v) is 4.28. The summed E-state index contributed by atoms with van der Waals surface area (Å²) in [5, 5.41) is 21.6. The molecule has 0 amide bonds. The third-order valence-electron chi connectivity index (χ3n) is 5.46. The van der Waals surface area contributed by atoms with Gasteiger partial charge in [0.25, 0.3) is 0 Å². The van der Waals surface area contributed by atoms with E-state index in [-0.39, 0.29) is 0 Å². The van der Waals surface area contributed by atoms with Crippen LogP contribution in [0.4, 0.5) is 0 Å². The van der Waals surface area contributed by atoms with Gasteiger partial charge in [-0.05, 0) is 44.3 Å². The second-order valence-corrected chi connectivity index (χ2v) is 6.49. The molecule has 18 heavy (non-hydrogen) atoms. The molecule has 0 aromatic heterocycles. The van der Waals surface area contributed by atoms with Crippen LogP contribution in [-0.2, 0) is 4.74 Å². The van der Waals surface area contributed by atoms with Crippen molar-refractivity contribution in [1.82, 2.24) is 0 Å². The maximum absolute atomic E-state index is 10.9. The highest BCUT2D eigenvalue weighted by Gasteiger charge is 2.71. The van der Waals surface area contributed by atoms with Gasteiger partial charge in [-0.15, -0.1) is 0 Å². The van der Waals surface area contributed by atoms with E-state index in [1.54, 1.807) is 13.0 Å². The van der Waals surface area contributed by atoms with Crippen molar-refractivity contribution >= 4 is 0 Å². The van der Waals surface area contributed by atoms with Gasteiger partial charge >= 0.3 is 0 Å². The summed E-state index contributed by atoms with van der Waals surface area (Å²) < 4.78 is 6.02. The molecule has 0 aromatic rings. The van der Waals surface area contributed by atoms with Gasteiger partial charge in [-0.1, -0.05) is 19.1 Å². The zero-order chi connectivity index (χ0) is 13.3. The van der Waals surface area contributed by atoms with Gasteiger partial charge in [0, 0.05) is 12.3 Å². The van der Waals surface area contributed by atoms with Crippen molar-refractivity contribution in [3.63, 3.8) is 0 Å². The Morgan fingerprint density at radius 3 is 2.72 bits per heavy atom. The Bertz CT molecular complexity index is 455. The van der Waals surface area contributed by atoms with E-state index in [2.05, 4.69) is 13.5 Å². The van der Waals surface area contributed by atoms with Gasteiger partial charge < -0.3 is 14.9 Å².